The van der Waals surface area contributed by atoms with Gasteiger partial charge in [0.2, 0.25) is 5.91 Å². The minimum absolute atomic E-state index is 0.0436. The monoisotopic (exact) mass is 265 g/mol. The van der Waals surface area contributed by atoms with Crippen LogP contribution in [0.2, 0.25) is 0 Å². The van der Waals surface area contributed by atoms with Gasteiger partial charge in [-0.1, -0.05) is 24.3 Å². The van der Waals surface area contributed by atoms with E-state index in [1.54, 1.807) is 6.20 Å². The number of anilines is 2. The zero-order valence-corrected chi connectivity index (χ0v) is 11.0. The van der Waals surface area contributed by atoms with Gasteiger partial charge in [0.05, 0.1) is 17.1 Å². The van der Waals surface area contributed by atoms with E-state index in [0.29, 0.717) is 13.0 Å². The van der Waals surface area contributed by atoms with Crippen molar-refractivity contribution in [2.24, 2.45) is 0 Å². The van der Waals surface area contributed by atoms with Gasteiger partial charge < -0.3 is 10.6 Å². The van der Waals surface area contributed by atoms with E-state index in [-0.39, 0.29) is 5.91 Å². The summed E-state index contributed by atoms with van der Waals surface area (Å²) < 4.78 is 0. The Balaban J connectivity index is 1.93. The minimum Gasteiger partial charge on any atom is -0.382 e. The predicted octanol–water partition coefficient (Wildman–Crippen LogP) is 3.01. The Labute approximate surface area is 117 Å². The Morgan fingerprint density at radius 1 is 1.10 bits per heavy atom. The highest BCUT2D eigenvalue weighted by Crippen LogP contribution is 2.29. The number of nitrogens with one attached hydrogen (secondary N) is 2. The van der Waals surface area contributed by atoms with Crippen LogP contribution in [0.4, 0.5) is 11.4 Å². The molecule has 0 saturated carbocycles. The Bertz CT molecular complexity index is 650. The van der Waals surface area contributed by atoms with Crippen molar-refractivity contribution in [3.8, 4) is 0 Å². The number of pyridine rings is 1. The van der Waals surface area contributed by atoms with Crippen LogP contribution in [-0.4, -0.2) is 17.4 Å². The number of para-hydroxylation sites is 1. The molecule has 0 radical (unpaired) electrons. The number of benzene rings is 1. The van der Waals surface area contributed by atoms with Crippen molar-refractivity contribution in [1.82, 2.24) is 4.98 Å². The molecule has 2 aromatic rings. The van der Waals surface area contributed by atoms with Gasteiger partial charge in [-0.3, -0.25) is 9.78 Å². The molecule has 1 aromatic carbocycles. The van der Waals surface area contributed by atoms with Crippen molar-refractivity contribution >= 4 is 29.4 Å². The second-order valence-corrected chi connectivity index (χ2v) is 4.58. The molecule has 20 heavy (non-hydrogen) atoms. The smallest absolute Gasteiger partial charge is 0.226 e. The zero-order chi connectivity index (χ0) is 13.8. The van der Waals surface area contributed by atoms with Crippen LogP contribution in [0.1, 0.15) is 17.7 Å². The van der Waals surface area contributed by atoms with E-state index in [1.807, 2.05) is 48.6 Å². The Kier molecular flexibility index (Phi) is 3.46. The first-order valence-corrected chi connectivity index (χ1v) is 6.59. The van der Waals surface area contributed by atoms with Crippen LogP contribution in [0.5, 0.6) is 0 Å². The largest absolute Gasteiger partial charge is 0.382 e. The average molecular weight is 265 g/mol. The second kappa shape index (κ2) is 5.57. The Morgan fingerprint density at radius 2 is 2.05 bits per heavy atom. The summed E-state index contributed by atoms with van der Waals surface area (Å²) in [7, 11) is 0. The standard InChI is InChI=1S/C16H15N3O/c20-15-9-11-18-16-12(4-3-6-14(16)19-15)7-8-13-5-1-2-10-17-13/h1-8,10,18H,9,11H2,(H,19,20)/b8-7+. The molecule has 2 heterocycles. The molecule has 4 nitrogen and oxygen atoms in total. The highest BCUT2D eigenvalue weighted by Gasteiger charge is 2.13. The van der Waals surface area contributed by atoms with Crippen LogP contribution in [0, 0.1) is 0 Å². The van der Waals surface area contributed by atoms with Crippen LogP contribution in [0.15, 0.2) is 42.6 Å². The van der Waals surface area contributed by atoms with Crippen LogP contribution >= 0.6 is 0 Å². The maximum atomic E-state index is 11.6. The van der Waals surface area contributed by atoms with Crippen molar-refractivity contribution in [2.75, 3.05) is 17.2 Å². The molecule has 0 atom stereocenters. The lowest BCUT2D eigenvalue weighted by atomic mass is 10.1. The third-order valence-electron chi connectivity index (χ3n) is 3.15. The molecule has 1 aliphatic heterocycles. The van der Waals surface area contributed by atoms with Gasteiger partial charge in [0.25, 0.3) is 0 Å². The summed E-state index contributed by atoms with van der Waals surface area (Å²) in [4.78, 5) is 15.8. The molecule has 1 aromatic heterocycles. The fraction of sp³-hybridized carbons (Fsp3) is 0.125. The molecule has 0 spiro atoms. The molecule has 2 N–H and O–H groups in total. The lowest BCUT2D eigenvalue weighted by Gasteiger charge is -2.10. The second-order valence-electron chi connectivity index (χ2n) is 4.58. The summed E-state index contributed by atoms with van der Waals surface area (Å²) in [5.74, 6) is 0.0436. The van der Waals surface area contributed by atoms with Gasteiger partial charge in [-0.25, -0.2) is 0 Å². The number of carbonyl (C=O) groups excluding carboxylic acids is 1. The van der Waals surface area contributed by atoms with Crippen LogP contribution in [0.3, 0.4) is 0 Å². The van der Waals surface area contributed by atoms with Crippen LogP contribution < -0.4 is 10.6 Å². The molecule has 100 valence electrons. The van der Waals surface area contributed by atoms with Gasteiger partial charge >= 0.3 is 0 Å². The molecule has 4 heteroatoms. The number of carbonyl (C=O) groups is 1. The molecular formula is C16H15N3O. The molecule has 0 unspecified atom stereocenters. The summed E-state index contributed by atoms with van der Waals surface area (Å²) >= 11 is 0. The van der Waals surface area contributed by atoms with Gasteiger partial charge in [0.15, 0.2) is 0 Å². The maximum absolute atomic E-state index is 11.6. The number of nitrogens with zero attached hydrogens (tertiary/aromatic N) is 1. The number of amides is 1. The molecule has 0 fully saturated rings. The van der Waals surface area contributed by atoms with Crippen molar-refractivity contribution in [3.63, 3.8) is 0 Å². The van der Waals surface area contributed by atoms with Crippen molar-refractivity contribution in [3.05, 3.63) is 53.9 Å². The topological polar surface area (TPSA) is 54.0 Å². The summed E-state index contributed by atoms with van der Waals surface area (Å²) in [6.07, 6.45) is 6.22. The molecule has 0 saturated heterocycles. The number of fused-ring (bicyclic) bond motifs is 1. The lowest BCUT2D eigenvalue weighted by Crippen LogP contribution is -2.10. The van der Waals surface area contributed by atoms with E-state index >= 15 is 0 Å². The van der Waals surface area contributed by atoms with E-state index in [4.69, 9.17) is 0 Å². The number of rotatable bonds is 2. The quantitative estimate of drug-likeness (QED) is 0.877. The van der Waals surface area contributed by atoms with Crippen LogP contribution in [-0.2, 0) is 4.79 Å². The first kappa shape index (κ1) is 12.4. The first-order valence-electron chi connectivity index (χ1n) is 6.59. The average Bonchev–Trinajstić information content (AvgIpc) is 2.67. The Morgan fingerprint density at radius 3 is 2.90 bits per heavy atom. The van der Waals surface area contributed by atoms with Gasteiger partial charge in [-0.15, -0.1) is 0 Å². The molecular weight excluding hydrogens is 250 g/mol. The third kappa shape index (κ3) is 2.69. The molecule has 0 aliphatic carbocycles. The number of hydrogen-bond acceptors (Lipinski definition) is 3. The fourth-order valence-electron chi connectivity index (χ4n) is 2.17. The molecule has 1 aliphatic rings. The third-order valence-corrected chi connectivity index (χ3v) is 3.15. The normalized spacial score (nSPS) is 14.3. The van der Waals surface area contributed by atoms with Crippen molar-refractivity contribution < 1.29 is 4.79 Å². The van der Waals surface area contributed by atoms with Crippen molar-refractivity contribution in [1.29, 1.82) is 0 Å². The Hall–Kier alpha value is -2.62. The summed E-state index contributed by atoms with van der Waals surface area (Å²) in [5.41, 5.74) is 3.74. The minimum atomic E-state index is 0.0436. The van der Waals surface area contributed by atoms with Gasteiger partial charge in [0.1, 0.15) is 0 Å². The van der Waals surface area contributed by atoms with E-state index in [2.05, 4.69) is 15.6 Å². The molecule has 0 bridgehead atoms. The highest BCUT2D eigenvalue weighted by atomic mass is 16.1. The van der Waals surface area contributed by atoms with E-state index < -0.39 is 0 Å². The summed E-state index contributed by atoms with van der Waals surface area (Å²) in [6, 6.07) is 11.7. The summed E-state index contributed by atoms with van der Waals surface area (Å²) in [6.45, 7) is 0.646. The van der Waals surface area contributed by atoms with Gasteiger partial charge in [0, 0.05) is 19.2 Å². The molecule has 1 amide bonds. The van der Waals surface area contributed by atoms with E-state index in [9.17, 15) is 4.79 Å². The van der Waals surface area contributed by atoms with Gasteiger partial charge in [-0.05, 0) is 29.8 Å². The predicted molar refractivity (Wildman–Crippen MR) is 81.3 cm³/mol. The summed E-state index contributed by atoms with van der Waals surface area (Å²) in [5, 5.41) is 6.22. The van der Waals surface area contributed by atoms with E-state index in [0.717, 1.165) is 22.6 Å². The highest BCUT2D eigenvalue weighted by molar-refractivity contribution is 5.98. The first-order chi connectivity index (χ1) is 9.83. The SMILES string of the molecule is O=C1CCNc2c(/C=C/c3ccccn3)cccc2N1. The zero-order valence-electron chi connectivity index (χ0n) is 11.0. The van der Waals surface area contributed by atoms with E-state index in [1.165, 1.54) is 0 Å². The van der Waals surface area contributed by atoms with Gasteiger partial charge in [-0.2, -0.15) is 0 Å². The number of aromatic nitrogens is 1. The van der Waals surface area contributed by atoms with Crippen LogP contribution in [0.25, 0.3) is 12.2 Å². The van der Waals surface area contributed by atoms with Crippen molar-refractivity contribution in [2.45, 2.75) is 6.42 Å². The lowest BCUT2D eigenvalue weighted by molar-refractivity contribution is -0.115. The fourth-order valence-corrected chi connectivity index (χ4v) is 2.17. The number of hydrogen-bond donors (Lipinski definition) is 2. The maximum Gasteiger partial charge on any atom is 0.226 e. The molecule has 3 rings (SSSR count).